The molecule has 1 rings (SSSR count). The Labute approximate surface area is 143 Å². The first-order chi connectivity index (χ1) is 11.2. The van der Waals surface area contributed by atoms with E-state index in [0.717, 1.165) is 32.4 Å². The Morgan fingerprint density at radius 2 is 1.92 bits per heavy atom. The van der Waals surface area contributed by atoms with Gasteiger partial charge in [-0.3, -0.25) is 10.1 Å². The number of halogens is 1. The summed E-state index contributed by atoms with van der Waals surface area (Å²) in [7, 11) is 2.12. The third kappa shape index (κ3) is 4.52. The molecule has 128 valence electrons. The molecule has 0 fully saturated rings. The average molecular weight is 403 g/mol. The maximum absolute atomic E-state index is 11.7. The number of methoxy groups -OCH3 is 2. The van der Waals surface area contributed by atoms with Gasteiger partial charge in [-0.2, -0.15) is 0 Å². The second kappa shape index (κ2) is 8.06. The van der Waals surface area contributed by atoms with E-state index >= 15 is 0 Å². The number of hydrogen-bond acceptors (Lipinski definition) is 8. The largest absolute Gasteiger partial charge is 0.478 e. The molecule has 2 N–H and O–H groups in total. The van der Waals surface area contributed by atoms with Gasteiger partial charge in [0.05, 0.1) is 30.8 Å². The third-order valence-corrected chi connectivity index (χ3v) is 3.27. The zero-order valence-electron chi connectivity index (χ0n) is 12.4. The van der Waals surface area contributed by atoms with Crippen molar-refractivity contribution in [2.75, 3.05) is 19.5 Å². The second-order valence-corrected chi connectivity index (χ2v) is 4.97. The van der Waals surface area contributed by atoms with Crippen molar-refractivity contribution in [1.82, 2.24) is 0 Å². The molecule has 24 heavy (non-hydrogen) atoms. The molecule has 0 heterocycles. The van der Waals surface area contributed by atoms with E-state index in [4.69, 9.17) is 5.11 Å². The van der Waals surface area contributed by atoms with Crippen molar-refractivity contribution < 1.29 is 33.9 Å². The van der Waals surface area contributed by atoms with Crippen LogP contribution in [0.5, 0.6) is 0 Å². The molecule has 0 saturated heterocycles. The first kappa shape index (κ1) is 19.1. The standard InChI is InChI=1S/C13H11BrN2O8/c1-23-10(17)5-8(13(20)24-2)15-11-7(14)3-6(12(18)19)4-9(11)16(21)22/h3-5,15H,1-2H3,(H,18,19)/b8-5+. The molecule has 0 aromatic heterocycles. The van der Waals surface area contributed by atoms with Crippen LogP contribution in [-0.2, 0) is 19.1 Å². The monoisotopic (exact) mass is 402 g/mol. The van der Waals surface area contributed by atoms with Gasteiger partial charge in [-0.25, -0.2) is 14.4 Å². The highest BCUT2D eigenvalue weighted by Crippen LogP contribution is 2.35. The molecule has 0 radical (unpaired) electrons. The molecular weight excluding hydrogens is 392 g/mol. The van der Waals surface area contributed by atoms with Crippen LogP contribution in [0.3, 0.4) is 0 Å². The van der Waals surface area contributed by atoms with Crippen molar-refractivity contribution >= 4 is 45.2 Å². The van der Waals surface area contributed by atoms with Crippen LogP contribution < -0.4 is 5.32 Å². The van der Waals surface area contributed by atoms with Crippen LogP contribution in [0.25, 0.3) is 0 Å². The van der Waals surface area contributed by atoms with Crippen molar-refractivity contribution in [3.63, 3.8) is 0 Å². The first-order valence-corrected chi connectivity index (χ1v) is 6.86. The highest BCUT2D eigenvalue weighted by Gasteiger charge is 2.24. The van der Waals surface area contributed by atoms with Gasteiger partial charge in [0.2, 0.25) is 0 Å². The van der Waals surface area contributed by atoms with Gasteiger partial charge in [0.1, 0.15) is 11.4 Å². The number of nitrogens with zero attached hydrogens (tertiary/aromatic N) is 1. The number of nitro groups is 1. The summed E-state index contributed by atoms with van der Waals surface area (Å²) in [5.41, 5.74) is -1.63. The Balaban J connectivity index is 3.46. The predicted octanol–water partition coefficient (Wildman–Crippen LogP) is 1.70. The summed E-state index contributed by atoms with van der Waals surface area (Å²) in [5.74, 6) is -3.25. The maximum Gasteiger partial charge on any atom is 0.354 e. The summed E-state index contributed by atoms with van der Waals surface area (Å²) in [6.07, 6.45) is 0.743. The lowest BCUT2D eigenvalue weighted by Crippen LogP contribution is -2.16. The van der Waals surface area contributed by atoms with Gasteiger partial charge in [-0.05, 0) is 22.0 Å². The number of hydrogen-bond donors (Lipinski definition) is 2. The normalized spacial score (nSPS) is 10.7. The fourth-order valence-electron chi connectivity index (χ4n) is 1.55. The Bertz CT molecular complexity index is 744. The number of carboxylic acids is 1. The molecule has 11 heteroatoms. The van der Waals surface area contributed by atoms with Crippen LogP contribution in [0.4, 0.5) is 11.4 Å². The molecule has 0 aliphatic carbocycles. The highest BCUT2D eigenvalue weighted by atomic mass is 79.9. The Hall–Kier alpha value is -2.95. The number of carboxylic acid groups (broad SMARTS) is 1. The smallest absolute Gasteiger partial charge is 0.354 e. The van der Waals surface area contributed by atoms with Crippen LogP contribution in [0, 0.1) is 10.1 Å². The van der Waals surface area contributed by atoms with Crippen LogP contribution in [-0.4, -0.2) is 42.2 Å². The summed E-state index contributed by atoms with van der Waals surface area (Å²) < 4.78 is 8.85. The summed E-state index contributed by atoms with van der Waals surface area (Å²) in [4.78, 5) is 44.3. The molecule has 0 amide bonds. The average Bonchev–Trinajstić information content (AvgIpc) is 2.53. The molecule has 0 atom stereocenters. The number of nitro benzene ring substituents is 1. The van der Waals surface area contributed by atoms with Gasteiger partial charge < -0.3 is 19.9 Å². The lowest BCUT2D eigenvalue weighted by Gasteiger charge is -2.12. The Morgan fingerprint density at radius 1 is 1.29 bits per heavy atom. The molecule has 0 aliphatic heterocycles. The number of nitrogens with one attached hydrogen (secondary N) is 1. The van der Waals surface area contributed by atoms with Crippen molar-refractivity contribution in [3.05, 3.63) is 44.1 Å². The lowest BCUT2D eigenvalue weighted by molar-refractivity contribution is -0.384. The molecule has 0 saturated carbocycles. The van der Waals surface area contributed by atoms with E-state index in [0.29, 0.717) is 0 Å². The van der Waals surface area contributed by atoms with Gasteiger partial charge in [-0.15, -0.1) is 0 Å². The van der Waals surface area contributed by atoms with Crippen LogP contribution in [0.1, 0.15) is 10.4 Å². The van der Waals surface area contributed by atoms with Crippen LogP contribution in [0.2, 0.25) is 0 Å². The molecule has 0 unspecified atom stereocenters. The number of carbonyl (C=O) groups excluding carboxylic acids is 2. The molecule has 1 aromatic carbocycles. The van der Waals surface area contributed by atoms with Crippen molar-refractivity contribution in [1.29, 1.82) is 0 Å². The predicted molar refractivity (Wildman–Crippen MR) is 83.5 cm³/mol. The van der Waals surface area contributed by atoms with E-state index in [-0.39, 0.29) is 15.7 Å². The molecule has 0 spiro atoms. The van der Waals surface area contributed by atoms with Crippen LogP contribution >= 0.6 is 15.9 Å². The number of anilines is 1. The van der Waals surface area contributed by atoms with E-state index < -0.39 is 34.2 Å². The highest BCUT2D eigenvalue weighted by molar-refractivity contribution is 9.10. The number of ether oxygens (including phenoxy) is 2. The summed E-state index contributed by atoms with van der Waals surface area (Å²) in [5, 5.41) is 22.5. The summed E-state index contributed by atoms with van der Waals surface area (Å²) in [6, 6.07) is 1.91. The van der Waals surface area contributed by atoms with Gasteiger partial charge in [-0.1, -0.05) is 0 Å². The Kier molecular flexibility index (Phi) is 6.41. The molecular formula is C13H11BrN2O8. The van der Waals surface area contributed by atoms with E-state index in [2.05, 4.69) is 30.7 Å². The fourth-order valence-corrected chi connectivity index (χ4v) is 2.10. The van der Waals surface area contributed by atoms with Crippen molar-refractivity contribution in [3.8, 4) is 0 Å². The molecule has 0 bridgehead atoms. The molecule has 1 aromatic rings. The van der Waals surface area contributed by atoms with Crippen LogP contribution in [0.15, 0.2) is 28.4 Å². The topological polar surface area (TPSA) is 145 Å². The fraction of sp³-hybridized carbons (Fsp3) is 0.154. The zero-order chi connectivity index (χ0) is 18.4. The van der Waals surface area contributed by atoms with Crippen molar-refractivity contribution in [2.45, 2.75) is 0 Å². The second-order valence-electron chi connectivity index (χ2n) is 4.11. The van der Waals surface area contributed by atoms with E-state index in [1.807, 2.05) is 0 Å². The molecule has 10 nitrogen and oxygen atoms in total. The maximum atomic E-state index is 11.7. The van der Waals surface area contributed by atoms with Gasteiger partial charge in [0.15, 0.2) is 0 Å². The number of aromatic carboxylic acids is 1. The van der Waals surface area contributed by atoms with Gasteiger partial charge >= 0.3 is 17.9 Å². The van der Waals surface area contributed by atoms with E-state index in [1.54, 1.807) is 0 Å². The number of rotatable bonds is 6. The first-order valence-electron chi connectivity index (χ1n) is 6.07. The number of carbonyl (C=O) groups is 3. The lowest BCUT2D eigenvalue weighted by atomic mass is 10.1. The number of esters is 2. The zero-order valence-corrected chi connectivity index (χ0v) is 13.9. The van der Waals surface area contributed by atoms with Gasteiger partial charge in [0, 0.05) is 10.5 Å². The third-order valence-electron chi connectivity index (χ3n) is 2.64. The summed E-state index contributed by atoms with van der Waals surface area (Å²) in [6.45, 7) is 0. The quantitative estimate of drug-likeness (QED) is 0.314. The summed E-state index contributed by atoms with van der Waals surface area (Å²) >= 11 is 2.99. The number of benzene rings is 1. The Morgan fingerprint density at radius 3 is 2.38 bits per heavy atom. The van der Waals surface area contributed by atoms with Gasteiger partial charge in [0.25, 0.3) is 5.69 Å². The van der Waals surface area contributed by atoms with E-state index in [1.165, 1.54) is 0 Å². The minimum atomic E-state index is -1.37. The minimum Gasteiger partial charge on any atom is -0.478 e. The SMILES string of the molecule is COC(=O)/C=C(/Nc1c(Br)cc(C(=O)O)cc1[N+](=O)[O-])C(=O)OC. The van der Waals surface area contributed by atoms with Crippen molar-refractivity contribution in [2.24, 2.45) is 0 Å². The molecule has 0 aliphatic rings. The minimum absolute atomic E-state index is 0.00577. The van der Waals surface area contributed by atoms with E-state index in [9.17, 15) is 24.5 Å².